The maximum absolute atomic E-state index is 12.1. The average molecular weight is 252 g/mol. The van der Waals surface area contributed by atoms with Crippen LogP contribution < -0.4 is 5.32 Å². The molecule has 0 radical (unpaired) electrons. The number of hydrogen-bond donors (Lipinski definition) is 1. The lowest BCUT2D eigenvalue weighted by Crippen LogP contribution is -2.34. The fraction of sp³-hybridized carbons (Fsp3) is 0.800. The third kappa shape index (κ3) is 4.81. The molecule has 1 aliphatic heterocycles. The number of amides is 1. The van der Waals surface area contributed by atoms with Crippen LogP contribution in [-0.4, -0.2) is 37.0 Å². The van der Waals surface area contributed by atoms with Gasteiger partial charge in [-0.2, -0.15) is 0 Å². The number of nitrogens with one attached hydrogen (secondary N) is 1. The van der Waals surface area contributed by atoms with Crippen molar-refractivity contribution in [3.63, 3.8) is 0 Å². The first-order chi connectivity index (χ1) is 8.54. The Hall–Kier alpha value is -0.830. The second kappa shape index (κ2) is 7.57. The Balaban J connectivity index is 2.45. The van der Waals surface area contributed by atoms with Crippen molar-refractivity contribution in [2.75, 3.05) is 26.2 Å². The molecule has 18 heavy (non-hydrogen) atoms. The molecule has 1 rings (SSSR count). The SMILES string of the molecule is C=C(CNCC)CN1CCC(C(C)C)CCC1=O. The van der Waals surface area contributed by atoms with Crippen molar-refractivity contribution in [1.82, 2.24) is 10.2 Å². The first-order valence-corrected chi connectivity index (χ1v) is 7.19. The minimum Gasteiger partial charge on any atom is -0.339 e. The van der Waals surface area contributed by atoms with Gasteiger partial charge in [0.25, 0.3) is 0 Å². The van der Waals surface area contributed by atoms with Crippen molar-refractivity contribution in [2.45, 2.75) is 40.0 Å². The number of nitrogens with zero attached hydrogens (tertiary/aromatic N) is 1. The molecule has 0 bridgehead atoms. The molecule has 0 aliphatic carbocycles. The maximum Gasteiger partial charge on any atom is 0.222 e. The van der Waals surface area contributed by atoms with E-state index in [-0.39, 0.29) is 0 Å². The summed E-state index contributed by atoms with van der Waals surface area (Å²) in [4.78, 5) is 14.0. The molecule has 0 aromatic heterocycles. The number of carbonyl (C=O) groups is 1. The molecule has 0 saturated carbocycles. The fourth-order valence-corrected chi connectivity index (χ4v) is 2.52. The van der Waals surface area contributed by atoms with Crippen molar-refractivity contribution in [2.24, 2.45) is 11.8 Å². The third-order valence-electron chi connectivity index (χ3n) is 3.83. The van der Waals surface area contributed by atoms with Gasteiger partial charge in [0.2, 0.25) is 5.91 Å². The number of carbonyl (C=O) groups excluding carboxylic acids is 1. The van der Waals surface area contributed by atoms with Crippen LogP contribution in [-0.2, 0) is 4.79 Å². The van der Waals surface area contributed by atoms with Gasteiger partial charge in [-0.3, -0.25) is 4.79 Å². The Bertz CT molecular complexity index is 286. The van der Waals surface area contributed by atoms with Gasteiger partial charge in [-0.1, -0.05) is 27.4 Å². The van der Waals surface area contributed by atoms with Gasteiger partial charge in [0, 0.05) is 26.1 Å². The molecular weight excluding hydrogens is 224 g/mol. The van der Waals surface area contributed by atoms with Crippen LogP contribution in [0.3, 0.4) is 0 Å². The highest BCUT2D eigenvalue weighted by Crippen LogP contribution is 2.25. The second-order valence-electron chi connectivity index (χ2n) is 5.68. The summed E-state index contributed by atoms with van der Waals surface area (Å²) in [7, 11) is 0. The predicted molar refractivity (Wildman–Crippen MR) is 76.4 cm³/mol. The average Bonchev–Trinajstić information content (AvgIpc) is 2.50. The lowest BCUT2D eigenvalue weighted by molar-refractivity contribution is -0.130. The standard InChI is InChI=1S/C15H28N2O/c1-5-16-10-13(4)11-17-9-8-14(12(2)3)6-7-15(17)18/h12,14,16H,4-11H2,1-3H3. The summed E-state index contributed by atoms with van der Waals surface area (Å²) in [5.74, 6) is 1.68. The molecule has 104 valence electrons. The molecule has 1 amide bonds. The van der Waals surface area contributed by atoms with Crippen LogP contribution >= 0.6 is 0 Å². The largest absolute Gasteiger partial charge is 0.339 e. The predicted octanol–water partition coefficient (Wildman–Crippen LogP) is 2.44. The van der Waals surface area contributed by atoms with E-state index < -0.39 is 0 Å². The lowest BCUT2D eigenvalue weighted by Gasteiger charge is -2.23. The van der Waals surface area contributed by atoms with Crippen molar-refractivity contribution < 1.29 is 4.79 Å². The highest BCUT2D eigenvalue weighted by atomic mass is 16.2. The van der Waals surface area contributed by atoms with Crippen molar-refractivity contribution in [3.05, 3.63) is 12.2 Å². The number of likely N-dealkylation sites (tertiary alicyclic amines) is 1. The first-order valence-electron chi connectivity index (χ1n) is 7.19. The van der Waals surface area contributed by atoms with E-state index in [1.165, 1.54) is 0 Å². The molecule has 1 saturated heterocycles. The van der Waals surface area contributed by atoms with Gasteiger partial charge in [-0.25, -0.2) is 0 Å². The zero-order valence-electron chi connectivity index (χ0n) is 12.2. The molecule has 1 aliphatic rings. The maximum atomic E-state index is 12.1. The van der Waals surface area contributed by atoms with Gasteiger partial charge in [0.15, 0.2) is 0 Å². The molecule has 1 unspecified atom stereocenters. The van der Waals surface area contributed by atoms with Crippen molar-refractivity contribution in [1.29, 1.82) is 0 Å². The molecule has 1 heterocycles. The Morgan fingerprint density at radius 3 is 2.83 bits per heavy atom. The van der Waals surface area contributed by atoms with E-state index in [4.69, 9.17) is 0 Å². The fourth-order valence-electron chi connectivity index (χ4n) is 2.52. The molecule has 1 fully saturated rings. The van der Waals surface area contributed by atoms with Gasteiger partial charge in [-0.05, 0) is 36.8 Å². The number of rotatable bonds is 6. The van der Waals surface area contributed by atoms with Crippen LogP contribution in [0.5, 0.6) is 0 Å². The molecule has 3 nitrogen and oxygen atoms in total. The second-order valence-corrected chi connectivity index (χ2v) is 5.68. The van der Waals surface area contributed by atoms with Crippen LogP contribution in [0.4, 0.5) is 0 Å². The smallest absolute Gasteiger partial charge is 0.222 e. The summed E-state index contributed by atoms with van der Waals surface area (Å²) in [5.41, 5.74) is 1.10. The Morgan fingerprint density at radius 2 is 2.22 bits per heavy atom. The van der Waals surface area contributed by atoms with Crippen LogP contribution in [0.15, 0.2) is 12.2 Å². The number of hydrogen-bond acceptors (Lipinski definition) is 2. The quantitative estimate of drug-likeness (QED) is 0.736. The van der Waals surface area contributed by atoms with Crippen LogP contribution in [0.2, 0.25) is 0 Å². The van der Waals surface area contributed by atoms with Gasteiger partial charge in [0.1, 0.15) is 0 Å². The van der Waals surface area contributed by atoms with Crippen molar-refractivity contribution in [3.8, 4) is 0 Å². The highest BCUT2D eigenvalue weighted by Gasteiger charge is 2.24. The molecule has 1 atom stereocenters. The summed E-state index contributed by atoms with van der Waals surface area (Å²) >= 11 is 0. The van der Waals surface area contributed by atoms with E-state index in [9.17, 15) is 4.79 Å². The van der Waals surface area contributed by atoms with E-state index >= 15 is 0 Å². The summed E-state index contributed by atoms with van der Waals surface area (Å²) in [6.45, 7) is 14.0. The number of likely N-dealkylation sites (N-methyl/N-ethyl adjacent to an activating group) is 1. The zero-order chi connectivity index (χ0) is 13.5. The topological polar surface area (TPSA) is 32.3 Å². The molecular formula is C15H28N2O. The van der Waals surface area contributed by atoms with Crippen LogP contribution in [0.25, 0.3) is 0 Å². The highest BCUT2D eigenvalue weighted by molar-refractivity contribution is 5.76. The molecule has 3 heteroatoms. The summed E-state index contributed by atoms with van der Waals surface area (Å²) < 4.78 is 0. The minimum absolute atomic E-state index is 0.302. The monoisotopic (exact) mass is 252 g/mol. The zero-order valence-corrected chi connectivity index (χ0v) is 12.2. The Morgan fingerprint density at radius 1 is 1.50 bits per heavy atom. The Kier molecular flexibility index (Phi) is 6.41. The Labute approximate surface area is 112 Å². The minimum atomic E-state index is 0.302. The van der Waals surface area contributed by atoms with Crippen LogP contribution in [0, 0.1) is 11.8 Å². The molecule has 0 aromatic carbocycles. The van der Waals surface area contributed by atoms with Gasteiger partial charge in [-0.15, -0.1) is 0 Å². The molecule has 1 N–H and O–H groups in total. The normalized spacial score (nSPS) is 21.2. The molecule has 0 spiro atoms. The van der Waals surface area contributed by atoms with Gasteiger partial charge >= 0.3 is 0 Å². The van der Waals surface area contributed by atoms with Gasteiger partial charge < -0.3 is 10.2 Å². The van der Waals surface area contributed by atoms with Crippen LogP contribution in [0.1, 0.15) is 40.0 Å². The van der Waals surface area contributed by atoms with Crippen molar-refractivity contribution >= 4 is 5.91 Å². The van der Waals surface area contributed by atoms with E-state index in [0.29, 0.717) is 24.2 Å². The first kappa shape index (κ1) is 15.2. The molecule has 0 aromatic rings. The lowest BCUT2D eigenvalue weighted by atomic mass is 9.89. The third-order valence-corrected chi connectivity index (χ3v) is 3.83. The van der Waals surface area contributed by atoms with E-state index in [1.807, 2.05) is 4.90 Å². The summed E-state index contributed by atoms with van der Waals surface area (Å²) in [5, 5.41) is 3.26. The van der Waals surface area contributed by atoms with E-state index in [1.54, 1.807) is 0 Å². The summed E-state index contributed by atoms with van der Waals surface area (Å²) in [6, 6.07) is 0. The van der Waals surface area contributed by atoms with E-state index in [0.717, 1.165) is 44.6 Å². The van der Waals surface area contributed by atoms with E-state index in [2.05, 4.69) is 32.7 Å². The van der Waals surface area contributed by atoms with Gasteiger partial charge in [0.05, 0.1) is 0 Å². The summed E-state index contributed by atoms with van der Waals surface area (Å²) in [6.07, 6.45) is 2.89.